The number of nitrogens with zero attached hydrogens (tertiary/aromatic N) is 1. The summed E-state index contributed by atoms with van der Waals surface area (Å²) in [5.41, 5.74) is 5.45. The van der Waals surface area contributed by atoms with Crippen molar-refractivity contribution in [2.24, 2.45) is 0 Å². The van der Waals surface area contributed by atoms with Gasteiger partial charge in [0.25, 0.3) is 5.03 Å². The van der Waals surface area contributed by atoms with Crippen LogP contribution in [0.2, 0.25) is 0 Å². The van der Waals surface area contributed by atoms with Crippen molar-refractivity contribution >= 4 is 23.6 Å². The first kappa shape index (κ1) is 31.2. The molecule has 9 nitrogen and oxygen atoms in total. The molecule has 2 heterocycles. The van der Waals surface area contributed by atoms with E-state index in [0.29, 0.717) is 23.7 Å². The van der Waals surface area contributed by atoms with Crippen LogP contribution in [0.5, 0.6) is 0 Å². The van der Waals surface area contributed by atoms with Crippen molar-refractivity contribution in [2.45, 2.75) is 55.9 Å². The Bertz CT molecular complexity index is 1580. The summed E-state index contributed by atoms with van der Waals surface area (Å²) in [5, 5.41) is 33.9. The largest absolute Gasteiger partial charge is 0.618 e. The molecule has 1 fully saturated rings. The fraction of sp³-hybridized carbons (Fsp3) is 0.265. The van der Waals surface area contributed by atoms with Crippen LogP contribution in [0.1, 0.15) is 53.9 Å². The number of pyridine rings is 1. The van der Waals surface area contributed by atoms with Crippen LogP contribution in [0.15, 0.2) is 102 Å². The Kier molecular flexibility index (Phi) is 10.6. The molecular weight excluding hydrogens is 580 g/mol. The Hall–Kier alpha value is -4.22. The SMILES string of the molecule is O=C(O)CCC(=O)NCc1cccc(-c2cccc([C@@H]3O[C@H](CSc4cccc[n+]4[O-])C[C@H](c4ccc(CO)cc4)O3)c2)c1. The molecule has 10 heteroatoms. The number of amides is 1. The van der Waals surface area contributed by atoms with Crippen molar-refractivity contribution in [3.8, 4) is 11.1 Å². The van der Waals surface area contributed by atoms with Gasteiger partial charge in [0.05, 0.1) is 25.2 Å². The van der Waals surface area contributed by atoms with Gasteiger partial charge in [0.15, 0.2) is 12.5 Å². The van der Waals surface area contributed by atoms with E-state index in [2.05, 4.69) is 5.32 Å². The summed E-state index contributed by atoms with van der Waals surface area (Å²) in [6.07, 6.45) is 0.722. The van der Waals surface area contributed by atoms with Crippen molar-refractivity contribution in [3.05, 3.63) is 125 Å². The molecule has 228 valence electrons. The number of ether oxygens (including phenoxy) is 2. The van der Waals surface area contributed by atoms with Gasteiger partial charge in [-0.1, -0.05) is 72.4 Å². The van der Waals surface area contributed by atoms with Gasteiger partial charge < -0.3 is 30.2 Å². The van der Waals surface area contributed by atoms with Gasteiger partial charge in [-0.25, -0.2) is 0 Å². The molecule has 44 heavy (non-hydrogen) atoms. The van der Waals surface area contributed by atoms with E-state index in [-0.39, 0.29) is 37.6 Å². The fourth-order valence-corrected chi connectivity index (χ4v) is 5.89. The Morgan fingerprint density at radius 3 is 2.41 bits per heavy atom. The lowest BCUT2D eigenvalue weighted by molar-refractivity contribution is -0.645. The molecule has 4 aromatic rings. The number of aliphatic hydroxyl groups is 1. The zero-order chi connectivity index (χ0) is 30.9. The molecule has 1 aliphatic heterocycles. The smallest absolute Gasteiger partial charge is 0.303 e. The second kappa shape index (κ2) is 15.0. The van der Waals surface area contributed by atoms with E-state index in [1.807, 2.05) is 78.9 Å². The Morgan fingerprint density at radius 1 is 0.886 bits per heavy atom. The van der Waals surface area contributed by atoms with E-state index in [4.69, 9.17) is 14.6 Å². The van der Waals surface area contributed by atoms with Crippen LogP contribution in [0.4, 0.5) is 0 Å². The maximum atomic E-state index is 12.2. The number of carbonyl (C=O) groups excluding carboxylic acids is 1. The average molecular weight is 615 g/mol. The van der Waals surface area contributed by atoms with E-state index in [9.17, 15) is 19.9 Å². The van der Waals surface area contributed by atoms with Gasteiger partial charge in [-0.3, -0.25) is 9.59 Å². The van der Waals surface area contributed by atoms with E-state index in [1.165, 1.54) is 18.0 Å². The molecule has 5 rings (SSSR count). The molecule has 0 saturated carbocycles. The predicted molar refractivity (Wildman–Crippen MR) is 165 cm³/mol. The van der Waals surface area contributed by atoms with Crippen molar-refractivity contribution < 1.29 is 34.0 Å². The Balaban J connectivity index is 1.33. The molecule has 3 aromatic carbocycles. The highest BCUT2D eigenvalue weighted by Gasteiger charge is 2.33. The number of carbonyl (C=O) groups is 2. The summed E-state index contributed by atoms with van der Waals surface area (Å²) in [6, 6.07) is 28.8. The molecule has 0 bridgehead atoms. The topological polar surface area (TPSA) is 132 Å². The van der Waals surface area contributed by atoms with E-state index in [0.717, 1.165) is 38.1 Å². The molecule has 1 saturated heterocycles. The molecule has 0 radical (unpaired) electrons. The van der Waals surface area contributed by atoms with Crippen LogP contribution in [0.3, 0.4) is 0 Å². The highest BCUT2D eigenvalue weighted by Crippen LogP contribution is 2.40. The standard InChI is InChI=1S/C34H34N2O7S/c37-21-23-10-12-25(13-11-23)30-19-29(22-44-32-9-1-2-16-36(32)41)42-34(43-30)28-8-4-7-27(18-28)26-6-3-5-24(17-26)20-35-31(38)14-15-33(39)40/h1-13,16-18,29-30,34,37H,14-15,19-22H2,(H,35,38)(H,39,40)/t29-,30+,34+/m0/s1. The lowest BCUT2D eigenvalue weighted by Crippen LogP contribution is -2.32. The summed E-state index contributed by atoms with van der Waals surface area (Å²) < 4.78 is 13.8. The van der Waals surface area contributed by atoms with Crippen molar-refractivity contribution in [3.63, 3.8) is 0 Å². The van der Waals surface area contributed by atoms with Crippen LogP contribution in [-0.4, -0.2) is 33.9 Å². The number of aliphatic carboxylic acids is 1. The first-order valence-electron chi connectivity index (χ1n) is 14.4. The lowest BCUT2D eigenvalue weighted by Gasteiger charge is -2.36. The highest BCUT2D eigenvalue weighted by atomic mass is 32.2. The monoisotopic (exact) mass is 614 g/mol. The number of aromatic nitrogens is 1. The number of hydrogen-bond acceptors (Lipinski definition) is 7. The van der Waals surface area contributed by atoms with Gasteiger partial charge >= 0.3 is 5.97 Å². The summed E-state index contributed by atoms with van der Waals surface area (Å²) in [4.78, 5) is 22.7. The Morgan fingerprint density at radius 2 is 1.66 bits per heavy atom. The summed E-state index contributed by atoms with van der Waals surface area (Å²) in [6.45, 7) is 0.260. The zero-order valence-corrected chi connectivity index (χ0v) is 24.8. The fourth-order valence-electron chi connectivity index (χ4n) is 4.96. The van der Waals surface area contributed by atoms with Gasteiger partial charge in [0.1, 0.15) is 0 Å². The maximum absolute atomic E-state index is 12.2. The third-order valence-electron chi connectivity index (χ3n) is 7.30. The lowest BCUT2D eigenvalue weighted by atomic mass is 9.99. The molecule has 1 aliphatic rings. The molecule has 1 amide bonds. The van der Waals surface area contributed by atoms with Gasteiger partial charge in [0, 0.05) is 42.8 Å². The first-order chi connectivity index (χ1) is 21.4. The third-order valence-corrected chi connectivity index (χ3v) is 8.45. The number of carboxylic acid groups (broad SMARTS) is 1. The number of thioether (sulfide) groups is 1. The third kappa shape index (κ3) is 8.45. The molecular formula is C34H34N2O7S. The van der Waals surface area contributed by atoms with E-state index < -0.39 is 12.3 Å². The minimum Gasteiger partial charge on any atom is -0.618 e. The second-order valence-electron chi connectivity index (χ2n) is 10.5. The van der Waals surface area contributed by atoms with Gasteiger partial charge in [-0.2, -0.15) is 4.73 Å². The van der Waals surface area contributed by atoms with Gasteiger partial charge in [-0.05, 0) is 46.0 Å². The Labute approximate surface area is 260 Å². The second-order valence-corrected chi connectivity index (χ2v) is 11.6. The number of aliphatic hydroxyl groups excluding tert-OH is 1. The van der Waals surface area contributed by atoms with Crippen LogP contribution in [-0.2, 0) is 32.2 Å². The summed E-state index contributed by atoms with van der Waals surface area (Å²) >= 11 is 1.44. The van der Waals surface area contributed by atoms with Crippen LogP contribution in [0, 0.1) is 5.21 Å². The summed E-state index contributed by atoms with van der Waals surface area (Å²) in [5.74, 6) is -0.746. The quantitative estimate of drug-likeness (QED) is 0.111. The predicted octanol–water partition coefficient (Wildman–Crippen LogP) is 5.30. The van der Waals surface area contributed by atoms with Crippen LogP contribution < -0.4 is 10.0 Å². The van der Waals surface area contributed by atoms with Crippen molar-refractivity contribution in [1.82, 2.24) is 5.32 Å². The molecule has 1 aromatic heterocycles. The zero-order valence-electron chi connectivity index (χ0n) is 24.0. The van der Waals surface area contributed by atoms with Crippen LogP contribution in [0.25, 0.3) is 11.1 Å². The summed E-state index contributed by atoms with van der Waals surface area (Å²) in [7, 11) is 0. The molecule has 3 atom stereocenters. The van der Waals surface area contributed by atoms with E-state index >= 15 is 0 Å². The molecule has 0 spiro atoms. The number of carboxylic acids is 1. The number of hydrogen-bond donors (Lipinski definition) is 3. The molecule has 3 N–H and O–H groups in total. The van der Waals surface area contributed by atoms with Crippen molar-refractivity contribution in [1.29, 1.82) is 0 Å². The van der Waals surface area contributed by atoms with Gasteiger partial charge in [0.2, 0.25) is 5.91 Å². The normalized spacial score (nSPS) is 18.1. The molecule has 0 unspecified atom stereocenters. The minimum absolute atomic E-state index is 0.0336. The van der Waals surface area contributed by atoms with Crippen molar-refractivity contribution in [2.75, 3.05) is 5.75 Å². The number of rotatable bonds is 12. The molecule has 0 aliphatic carbocycles. The number of benzene rings is 3. The average Bonchev–Trinajstić information content (AvgIpc) is 3.06. The minimum atomic E-state index is -1.00. The van der Waals surface area contributed by atoms with E-state index in [1.54, 1.807) is 12.1 Å². The number of nitrogens with one attached hydrogen (secondary N) is 1. The van der Waals surface area contributed by atoms with Gasteiger partial charge in [-0.15, -0.1) is 0 Å². The highest BCUT2D eigenvalue weighted by molar-refractivity contribution is 7.99. The maximum Gasteiger partial charge on any atom is 0.303 e. The van der Waals surface area contributed by atoms with Crippen LogP contribution >= 0.6 is 11.8 Å². The first-order valence-corrected chi connectivity index (χ1v) is 15.4.